The van der Waals surface area contributed by atoms with Crippen LogP contribution in [0.4, 0.5) is 4.79 Å². The van der Waals surface area contributed by atoms with Crippen molar-refractivity contribution in [3.63, 3.8) is 0 Å². The third-order valence-electron chi connectivity index (χ3n) is 5.45. The number of fused-ring (bicyclic) bond motifs is 1. The molecule has 1 fully saturated rings. The van der Waals surface area contributed by atoms with Crippen molar-refractivity contribution in [2.45, 2.75) is 19.0 Å². The monoisotopic (exact) mass is 487 g/mol. The fourth-order valence-corrected chi connectivity index (χ4v) is 3.86. The molecule has 1 N–H and O–H groups in total. The zero-order chi connectivity index (χ0) is 22.2. The maximum atomic E-state index is 13.2. The number of rotatable bonds is 5. The molecule has 4 rings (SSSR count). The minimum Gasteiger partial charge on any atom is -0.486 e. The number of carbonyl (C=O) groups is 3. The topological polar surface area (TPSA) is 88.2 Å². The highest BCUT2D eigenvalue weighted by atomic mass is 79.9. The summed E-state index contributed by atoms with van der Waals surface area (Å²) >= 11 is 3.38. The molecular formula is C22H22BrN3O5. The first-order chi connectivity index (χ1) is 14.8. The Morgan fingerprint density at radius 3 is 2.52 bits per heavy atom. The van der Waals surface area contributed by atoms with Gasteiger partial charge in [-0.15, -0.1) is 0 Å². The molecule has 2 aromatic rings. The van der Waals surface area contributed by atoms with Crippen molar-refractivity contribution in [1.29, 1.82) is 0 Å². The minimum absolute atomic E-state index is 0.335. The van der Waals surface area contributed by atoms with E-state index in [1.807, 2.05) is 24.3 Å². The van der Waals surface area contributed by atoms with E-state index in [1.165, 1.54) is 4.90 Å². The van der Waals surface area contributed by atoms with Crippen molar-refractivity contribution in [3.05, 3.63) is 58.1 Å². The predicted octanol–water partition coefficient (Wildman–Crippen LogP) is 2.65. The predicted molar refractivity (Wildman–Crippen MR) is 116 cm³/mol. The number of nitrogens with zero attached hydrogens (tertiary/aromatic N) is 2. The van der Waals surface area contributed by atoms with Gasteiger partial charge in [0.1, 0.15) is 25.3 Å². The summed E-state index contributed by atoms with van der Waals surface area (Å²) in [6.45, 7) is 2.53. The van der Waals surface area contributed by atoms with Gasteiger partial charge in [-0.05, 0) is 42.3 Å². The molecule has 0 bridgehead atoms. The van der Waals surface area contributed by atoms with Gasteiger partial charge in [0.15, 0.2) is 11.5 Å². The van der Waals surface area contributed by atoms with E-state index in [-0.39, 0.29) is 12.5 Å². The first-order valence-electron chi connectivity index (χ1n) is 9.80. The maximum absolute atomic E-state index is 13.2. The Balaban J connectivity index is 1.47. The molecule has 9 heteroatoms. The van der Waals surface area contributed by atoms with Gasteiger partial charge in [-0.2, -0.15) is 0 Å². The van der Waals surface area contributed by atoms with Crippen LogP contribution in [-0.4, -0.2) is 54.5 Å². The number of urea groups is 1. The summed E-state index contributed by atoms with van der Waals surface area (Å²) in [6, 6.07) is 12.1. The average Bonchev–Trinajstić information content (AvgIpc) is 2.98. The molecule has 2 aliphatic rings. The summed E-state index contributed by atoms with van der Waals surface area (Å²) in [5, 5.41) is 2.72. The summed E-state index contributed by atoms with van der Waals surface area (Å²) in [7, 11) is 1.64. The lowest BCUT2D eigenvalue weighted by atomic mass is 9.91. The van der Waals surface area contributed by atoms with E-state index >= 15 is 0 Å². The number of halogens is 1. The highest BCUT2D eigenvalue weighted by molar-refractivity contribution is 9.10. The molecule has 31 heavy (non-hydrogen) atoms. The SMILES string of the molecule is CN(Cc1ccc(Br)cc1)C(=O)CN1C(=O)NC(C)(c2ccc3c(c2)OCCO3)C1=O. The van der Waals surface area contributed by atoms with Crippen LogP contribution in [0, 0.1) is 0 Å². The minimum atomic E-state index is -1.29. The quantitative estimate of drug-likeness (QED) is 0.654. The molecule has 0 radical (unpaired) electrons. The van der Waals surface area contributed by atoms with E-state index in [4.69, 9.17) is 9.47 Å². The molecular weight excluding hydrogens is 466 g/mol. The summed E-state index contributed by atoms with van der Waals surface area (Å²) in [5.41, 5.74) is 0.211. The maximum Gasteiger partial charge on any atom is 0.325 e. The number of imide groups is 1. The van der Waals surface area contributed by atoms with E-state index in [9.17, 15) is 14.4 Å². The Bertz CT molecular complexity index is 1040. The number of hydrogen-bond acceptors (Lipinski definition) is 5. The lowest BCUT2D eigenvalue weighted by molar-refractivity contribution is -0.138. The Kier molecular flexibility index (Phi) is 5.62. The molecule has 0 saturated carbocycles. The number of amides is 4. The second-order valence-electron chi connectivity index (χ2n) is 7.68. The second kappa shape index (κ2) is 8.22. The van der Waals surface area contributed by atoms with Gasteiger partial charge >= 0.3 is 6.03 Å². The molecule has 1 unspecified atom stereocenters. The molecule has 0 spiro atoms. The zero-order valence-electron chi connectivity index (χ0n) is 17.2. The fraction of sp³-hybridized carbons (Fsp3) is 0.318. The number of carbonyl (C=O) groups excluding carboxylic acids is 3. The van der Waals surface area contributed by atoms with Gasteiger partial charge in [0.05, 0.1) is 0 Å². The first kappa shape index (κ1) is 21.2. The second-order valence-corrected chi connectivity index (χ2v) is 8.60. The first-order valence-corrected chi connectivity index (χ1v) is 10.6. The fourth-order valence-electron chi connectivity index (χ4n) is 3.60. The Labute approximate surface area is 188 Å². The van der Waals surface area contributed by atoms with Crippen LogP contribution in [0.2, 0.25) is 0 Å². The molecule has 162 valence electrons. The molecule has 2 heterocycles. The van der Waals surface area contributed by atoms with E-state index in [0.717, 1.165) is 14.9 Å². The summed E-state index contributed by atoms with van der Waals surface area (Å²) < 4.78 is 12.1. The normalized spacial score (nSPS) is 19.9. The van der Waals surface area contributed by atoms with Gasteiger partial charge in [-0.3, -0.25) is 14.5 Å². The van der Waals surface area contributed by atoms with Gasteiger partial charge in [0.2, 0.25) is 5.91 Å². The summed E-state index contributed by atoms with van der Waals surface area (Å²) in [5.74, 6) is 0.296. The lowest BCUT2D eigenvalue weighted by Crippen LogP contribution is -2.43. The van der Waals surface area contributed by atoms with Crippen molar-refractivity contribution in [2.24, 2.45) is 0 Å². The van der Waals surface area contributed by atoms with E-state index in [2.05, 4.69) is 21.2 Å². The molecule has 0 aliphatic carbocycles. The molecule has 0 aromatic heterocycles. The van der Waals surface area contributed by atoms with Crippen LogP contribution in [-0.2, 0) is 21.7 Å². The van der Waals surface area contributed by atoms with Gasteiger partial charge in [0, 0.05) is 18.1 Å². The van der Waals surface area contributed by atoms with Crippen LogP contribution in [0.25, 0.3) is 0 Å². The van der Waals surface area contributed by atoms with Gasteiger partial charge < -0.3 is 19.7 Å². The number of ether oxygens (including phenoxy) is 2. The molecule has 8 nitrogen and oxygen atoms in total. The molecule has 1 atom stereocenters. The van der Waals surface area contributed by atoms with Crippen molar-refractivity contribution < 1.29 is 23.9 Å². The van der Waals surface area contributed by atoms with E-state index < -0.39 is 17.5 Å². The van der Waals surface area contributed by atoms with Crippen LogP contribution in [0.5, 0.6) is 11.5 Å². The zero-order valence-corrected chi connectivity index (χ0v) is 18.8. The molecule has 2 aliphatic heterocycles. The van der Waals surface area contributed by atoms with Crippen molar-refractivity contribution in [1.82, 2.24) is 15.1 Å². The smallest absolute Gasteiger partial charge is 0.325 e. The highest BCUT2D eigenvalue weighted by Crippen LogP contribution is 2.36. The third-order valence-corrected chi connectivity index (χ3v) is 5.98. The molecule has 4 amide bonds. The van der Waals surface area contributed by atoms with Gasteiger partial charge in [0.25, 0.3) is 5.91 Å². The van der Waals surface area contributed by atoms with Crippen LogP contribution >= 0.6 is 15.9 Å². The Morgan fingerprint density at radius 2 is 1.81 bits per heavy atom. The van der Waals surface area contributed by atoms with Crippen LogP contribution in [0.15, 0.2) is 46.9 Å². The van der Waals surface area contributed by atoms with Gasteiger partial charge in [-0.1, -0.05) is 34.1 Å². The van der Waals surface area contributed by atoms with Crippen LogP contribution in [0.1, 0.15) is 18.1 Å². The standard InChI is InChI=1S/C22H22BrN3O5/c1-22(15-5-8-17-18(11-15)31-10-9-30-17)20(28)26(21(29)24-22)13-19(27)25(2)12-14-3-6-16(23)7-4-14/h3-8,11H,9-10,12-13H2,1-2H3,(H,24,29). The van der Waals surface area contributed by atoms with Gasteiger partial charge in [-0.25, -0.2) is 4.79 Å². The Hall–Kier alpha value is -3.07. The molecule has 2 aromatic carbocycles. The summed E-state index contributed by atoms with van der Waals surface area (Å²) in [4.78, 5) is 40.9. The lowest BCUT2D eigenvalue weighted by Gasteiger charge is -2.25. The average molecular weight is 488 g/mol. The third kappa shape index (κ3) is 4.10. The van der Waals surface area contributed by atoms with Crippen molar-refractivity contribution >= 4 is 33.8 Å². The number of hydrogen-bond donors (Lipinski definition) is 1. The van der Waals surface area contributed by atoms with Crippen molar-refractivity contribution in [3.8, 4) is 11.5 Å². The highest BCUT2D eigenvalue weighted by Gasteiger charge is 2.50. The van der Waals surface area contributed by atoms with Crippen molar-refractivity contribution in [2.75, 3.05) is 26.8 Å². The summed E-state index contributed by atoms with van der Waals surface area (Å²) in [6.07, 6.45) is 0. The van der Waals surface area contributed by atoms with E-state index in [0.29, 0.717) is 36.8 Å². The Morgan fingerprint density at radius 1 is 1.13 bits per heavy atom. The van der Waals surface area contributed by atoms with E-state index in [1.54, 1.807) is 32.2 Å². The largest absolute Gasteiger partial charge is 0.486 e. The number of nitrogens with one attached hydrogen (secondary N) is 1. The number of benzene rings is 2. The van der Waals surface area contributed by atoms with Crippen LogP contribution < -0.4 is 14.8 Å². The molecule has 1 saturated heterocycles. The van der Waals surface area contributed by atoms with Crippen LogP contribution in [0.3, 0.4) is 0 Å². The number of likely N-dealkylation sites (N-methyl/N-ethyl adjacent to an activating group) is 1.